The third-order valence-corrected chi connectivity index (χ3v) is 12.4. The van der Waals surface area contributed by atoms with Gasteiger partial charge in [-0.15, -0.1) is 0 Å². The van der Waals surface area contributed by atoms with Crippen LogP contribution in [-0.2, 0) is 5.41 Å². The van der Waals surface area contributed by atoms with Gasteiger partial charge in [-0.3, -0.25) is 0 Å². The standard InChI is InChI=1S/C51H33N/c1-3-17-38(18-4-1)51(39-19-5-2-6-20-39)46-22-12-11-21-40(46)41-24-23-36(29-47(41)51)37-27-44-42-25-32-13-7-9-15-34(32)30-48(42)52-49-31-35-16-10-8-14-33(35)26-43(49)45(28-37)50(44)52/h1-31,40,46H. The highest BCUT2D eigenvalue weighted by atomic mass is 14.9. The second kappa shape index (κ2) is 10.3. The highest BCUT2D eigenvalue weighted by Crippen LogP contribution is 2.60. The van der Waals surface area contributed by atoms with Crippen LogP contribution in [0, 0.1) is 5.92 Å². The molecule has 10 aromatic rings. The number of hydrogen-bond acceptors (Lipinski definition) is 0. The van der Waals surface area contributed by atoms with Gasteiger partial charge in [0.15, 0.2) is 0 Å². The van der Waals surface area contributed by atoms with Gasteiger partial charge in [-0.2, -0.15) is 0 Å². The molecule has 52 heavy (non-hydrogen) atoms. The van der Waals surface area contributed by atoms with Gasteiger partial charge in [-0.1, -0.05) is 146 Å². The van der Waals surface area contributed by atoms with Crippen LogP contribution in [0.25, 0.3) is 70.8 Å². The Balaban J connectivity index is 1.19. The average Bonchev–Trinajstić information content (AvgIpc) is 3.82. The summed E-state index contributed by atoms with van der Waals surface area (Å²) in [6, 6.07) is 61.9. The van der Waals surface area contributed by atoms with E-state index >= 15 is 0 Å². The quantitative estimate of drug-likeness (QED) is 0.178. The second-order valence-corrected chi connectivity index (χ2v) is 14.9. The van der Waals surface area contributed by atoms with Crippen molar-refractivity contribution < 1.29 is 0 Å². The number of fused-ring (bicyclic) bond motifs is 11. The van der Waals surface area contributed by atoms with Crippen LogP contribution in [0.1, 0.15) is 28.2 Å². The summed E-state index contributed by atoms with van der Waals surface area (Å²) in [5.74, 6) is 0.583. The number of nitrogens with zero attached hydrogens (tertiary/aromatic N) is 1. The molecule has 2 atom stereocenters. The van der Waals surface area contributed by atoms with Crippen molar-refractivity contribution in [3.63, 3.8) is 0 Å². The smallest absolute Gasteiger partial charge is 0.0620 e. The molecule has 0 radical (unpaired) electrons. The van der Waals surface area contributed by atoms with Gasteiger partial charge >= 0.3 is 0 Å². The Morgan fingerprint density at radius 1 is 0.423 bits per heavy atom. The molecule has 2 unspecified atom stereocenters. The summed E-state index contributed by atoms with van der Waals surface area (Å²) in [5, 5.41) is 10.3. The van der Waals surface area contributed by atoms with Gasteiger partial charge in [0.25, 0.3) is 0 Å². The minimum absolute atomic E-state index is 0.277. The second-order valence-electron chi connectivity index (χ2n) is 14.9. The Bertz CT molecular complexity index is 2960. The predicted molar refractivity (Wildman–Crippen MR) is 219 cm³/mol. The van der Waals surface area contributed by atoms with E-state index in [-0.39, 0.29) is 11.3 Å². The van der Waals surface area contributed by atoms with Gasteiger partial charge in [-0.05, 0) is 97.4 Å². The molecule has 242 valence electrons. The first kappa shape index (κ1) is 28.3. The minimum atomic E-state index is -0.318. The Morgan fingerprint density at radius 2 is 0.942 bits per heavy atom. The largest absolute Gasteiger partial charge is 0.308 e. The summed E-state index contributed by atoms with van der Waals surface area (Å²) in [6.45, 7) is 0. The van der Waals surface area contributed by atoms with E-state index in [1.165, 1.54) is 93.0 Å². The molecule has 2 heterocycles. The number of allylic oxidation sites excluding steroid dienone is 4. The molecular weight excluding hydrogens is 627 g/mol. The first-order chi connectivity index (χ1) is 25.8. The number of benzene rings is 8. The molecule has 8 aromatic carbocycles. The van der Waals surface area contributed by atoms with Gasteiger partial charge < -0.3 is 4.40 Å². The van der Waals surface area contributed by atoms with Gasteiger partial charge in [0.05, 0.1) is 22.0 Å². The van der Waals surface area contributed by atoms with E-state index in [4.69, 9.17) is 0 Å². The molecule has 2 aliphatic rings. The van der Waals surface area contributed by atoms with E-state index < -0.39 is 0 Å². The summed E-state index contributed by atoms with van der Waals surface area (Å²) >= 11 is 0. The van der Waals surface area contributed by atoms with Crippen LogP contribution in [0.3, 0.4) is 0 Å². The van der Waals surface area contributed by atoms with Crippen molar-refractivity contribution in [1.29, 1.82) is 0 Å². The molecular formula is C51H33N. The lowest BCUT2D eigenvalue weighted by Gasteiger charge is -2.39. The fourth-order valence-corrected chi connectivity index (χ4v) is 10.2. The zero-order valence-electron chi connectivity index (χ0n) is 28.5. The van der Waals surface area contributed by atoms with Crippen LogP contribution in [0.4, 0.5) is 0 Å². The first-order valence-electron chi connectivity index (χ1n) is 18.4. The molecule has 0 fully saturated rings. The van der Waals surface area contributed by atoms with Crippen LogP contribution >= 0.6 is 0 Å². The summed E-state index contributed by atoms with van der Waals surface area (Å²) in [7, 11) is 0. The van der Waals surface area contributed by atoms with Crippen molar-refractivity contribution in [3.8, 4) is 11.1 Å². The van der Waals surface area contributed by atoms with Crippen molar-refractivity contribution in [3.05, 3.63) is 210 Å². The number of rotatable bonds is 3. The predicted octanol–water partition coefficient (Wildman–Crippen LogP) is 13.0. The molecule has 0 amide bonds. The lowest BCUT2D eigenvalue weighted by atomic mass is 9.63. The van der Waals surface area contributed by atoms with Crippen LogP contribution in [0.2, 0.25) is 0 Å². The van der Waals surface area contributed by atoms with E-state index in [1.807, 2.05) is 0 Å². The molecule has 0 aliphatic heterocycles. The third kappa shape index (κ3) is 3.62. The maximum atomic E-state index is 2.54. The maximum Gasteiger partial charge on any atom is 0.0620 e. The van der Waals surface area contributed by atoms with Gasteiger partial charge in [-0.25, -0.2) is 0 Å². The Labute approximate surface area is 301 Å². The molecule has 1 heteroatoms. The zero-order chi connectivity index (χ0) is 34.0. The number of aromatic nitrogens is 1. The minimum Gasteiger partial charge on any atom is -0.308 e. The van der Waals surface area contributed by atoms with Crippen molar-refractivity contribution in [2.75, 3.05) is 0 Å². The molecule has 0 spiro atoms. The Hall–Kier alpha value is -6.44. The molecule has 0 N–H and O–H groups in total. The highest BCUT2D eigenvalue weighted by molar-refractivity contribution is 6.27. The van der Waals surface area contributed by atoms with Gasteiger partial charge in [0.2, 0.25) is 0 Å². The molecule has 2 aliphatic carbocycles. The zero-order valence-corrected chi connectivity index (χ0v) is 28.5. The Morgan fingerprint density at radius 3 is 1.52 bits per heavy atom. The fraction of sp³-hybridized carbons (Fsp3) is 0.0588. The first-order valence-corrected chi connectivity index (χ1v) is 18.4. The molecule has 1 nitrogen and oxygen atoms in total. The van der Waals surface area contributed by atoms with Crippen molar-refractivity contribution >= 4 is 59.6 Å². The van der Waals surface area contributed by atoms with Crippen molar-refractivity contribution in [2.24, 2.45) is 5.92 Å². The summed E-state index contributed by atoms with van der Waals surface area (Å²) in [6.07, 6.45) is 9.37. The monoisotopic (exact) mass is 659 g/mol. The summed E-state index contributed by atoms with van der Waals surface area (Å²) in [4.78, 5) is 0. The maximum absolute atomic E-state index is 2.54. The Kier molecular flexibility index (Phi) is 5.61. The van der Waals surface area contributed by atoms with E-state index in [1.54, 1.807) is 0 Å². The molecule has 2 aromatic heterocycles. The molecule has 12 rings (SSSR count). The topological polar surface area (TPSA) is 4.41 Å². The van der Waals surface area contributed by atoms with Crippen LogP contribution in [0.15, 0.2) is 188 Å². The number of hydrogen-bond donors (Lipinski definition) is 0. The normalized spacial score (nSPS) is 17.6. The van der Waals surface area contributed by atoms with E-state index in [2.05, 4.69) is 192 Å². The summed E-state index contributed by atoms with van der Waals surface area (Å²) in [5.41, 5.74) is 11.6. The fourth-order valence-electron chi connectivity index (χ4n) is 10.2. The summed E-state index contributed by atoms with van der Waals surface area (Å²) < 4.78 is 2.53. The van der Waals surface area contributed by atoms with Crippen LogP contribution in [-0.4, -0.2) is 4.40 Å². The molecule has 0 bridgehead atoms. The van der Waals surface area contributed by atoms with Crippen LogP contribution < -0.4 is 0 Å². The van der Waals surface area contributed by atoms with E-state index in [9.17, 15) is 0 Å². The van der Waals surface area contributed by atoms with Crippen molar-refractivity contribution in [1.82, 2.24) is 4.40 Å². The van der Waals surface area contributed by atoms with E-state index in [0.29, 0.717) is 5.92 Å². The third-order valence-electron chi connectivity index (χ3n) is 12.4. The van der Waals surface area contributed by atoms with Gasteiger partial charge in [0.1, 0.15) is 0 Å². The van der Waals surface area contributed by atoms with Crippen LogP contribution in [0.5, 0.6) is 0 Å². The lowest BCUT2D eigenvalue weighted by Crippen LogP contribution is -2.35. The van der Waals surface area contributed by atoms with Gasteiger partial charge in [0, 0.05) is 33.4 Å². The SMILES string of the molecule is C1=CC2c3ccc(-c4cc5c6cc7ccccc7cc6n6c7cc8ccccc8cc7c(c4)c56)cc3C(c3ccccc3)(c3ccccc3)C2C=C1. The van der Waals surface area contributed by atoms with E-state index in [0.717, 1.165) is 0 Å². The molecule has 0 saturated heterocycles. The molecule has 0 saturated carbocycles. The highest BCUT2D eigenvalue weighted by Gasteiger charge is 2.52. The van der Waals surface area contributed by atoms with Crippen molar-refractivity contribution in [2.45, 2.75) is 11.3 Å². The lowest BCUT2D eigenvalue weighted by molar-refractivity contribution is 0.457. The average molecular weight is 660 g/mol.